The minimum absolute atomic E-state index is 0.652. The molecular weight excluding hydrogens is 266 g/mol. The largest absolute Gasteiger partial charge is 0.494 e. The summed E-state index contributed by atoms with van der Waals surface area (Å²) in [5, 5.41) is 0. The number of benzene rings is 1. The van der Waals surface area contributed by atoms with E-state index in [0.29, 0.717) is 13.2 Å². The molecule has 1 fully saturated rings. The lowest BCUT2D eigenvalue weighted by Gasteiger charge is -2.31. The molecule has 4 nitrogen and oxygen atoms in total. The Morgan fingerprint density at radius 1 is 1.14 bits per heavy atom. The summed E-state index contributed by atoms with van der Waals surface area (Å²) in [4.78, 5) is 2.30. The standard InChI is InChI=1S/C17H25NO3/c1-4-7-14-12-17(21-6-3)15(13-16(14)20-5-2)18-8-10-19-11-9-18/h4,12-13H,1,5-11H2,2-3H3. The quantitative estimate of drug-likeness (QED) is 0.723. The van der Waals surface area contributed by atoms with E-state index in [1.807, 2.05) is 19.9 Å². The molecule has 0 saturated carbocycles. The number of rotatable bonds is 7. The normalized spacial score (nSPS) is 14.9. The van der Waals surface area contributed by atoms with Gasteiger partial charge < -0.3 is 19.1 Å². The third-order valence-electron chi connectivity index (χ3n) is 3.46. The van der Waals surface area contributed by atoms with Crippen LogP contribution in [-0.4, -0.2) is 39.5 Å². The SMILES string of the molecule is C=CCc1cc(OCC)c(N2CCOCC2)cc1OCC. The fraction of sp³-hybridized carbons (Fsp3) is 0.529. The van der Waals surface area contributed by atoms with Crippen LogP contribution in [0.3, 0.4) is 0 Å². The minimum atomic E-state index is 0.652. The first-order chi connectivity index (χ1) is 10.3. The van der Waals surface area contributed by atoms with E-state index in [4.69, 9.17) is 14.2 Å². The molecule has 1 aliphatic rings. The number of anilines is 1. The van der Waals surface area contributed by atoms with Gasteiger partial charge in [0.1, 0.15) is 11.5 Å². The molecule has 0 aromatic heterocycles. The van der Waals surface area contributed by atoms with Crippen LogP contribution in [0.25, 0.3) is 0 Å². The Kier molecular flexibility index (Phi) is 5.93. The Hall–Kier alpha value is -1.68. The Morgan fingerprint density at radius 2 is 1.81 bits per heavy atom. The highest BCUT2D eigenvalue weighted by atomic mass is 16.5. The first-order valence-electron chi connectivity index (χ1n) is 7.66. The van der Waals surface area contributed by atoms with E-state index in [1.54, 1.807) is 0 Å². The van der Waals surface area contributed by atoms with Gasteiger partial charge in [-0.2, -0.15) is 0 Å². The molecule has 1 aromatic rings. The zero-order chi connectivity index (χ0) is 15.1. The van der Waals surface area contributed by atoms with Crippen molar-refractivity contribution in [3.63, 3.8) is 0 Å². The first kappa shape index (κ1) is 15.7. The van der Waals surface area contributed by atoms with Gasteiger partial charge in [-0.3, -0.25) is 0 Å². The number of nitrogens with zero attached hydrogens (tertiary/aromatic N) is 1. The van der Waals surface area contributed by atoms with Crippen LogP contribution in [0.1, 0.15) is 19.4 Å². The lowest BCUT2D eigenvalue weighted by molar-refractivity contribution is 0.122. The molecule has 21 heavy (non-hydrogen) atoms. The highest BCUT2D eigenvalue weighted by Gasteiger charge is 2.19. The lowest BCUT2D eigenvalue weighted by atomic mass is 10.1. The molecule has 0 spiro atoms. The van der Waals surface area contributed by atoms with Gasteiger partial charge in [0.15, 0.2) is 0 Å². The molecule has 0 N–H and O–H groups in total. The molecule has 0 radical (unpaired) electrons. The van der Waals surface area contributed by atoms with Crippen LogP contribution in [0.15, 0.2) is 24.8 Å². The average Bonchev–Trinajstić information content (AvgIpc) is 2.51. The number of allylic oxidation sites excluding steroid dienone is 1. The van der Waals surface area contributed by atoms with E-state index in [9.17, 15) is 0 Å². The van der Waals surface area contributed by atoms with Gasteiger partial charge in [0.2, 0.25) is 0 Å². The Morgan fingerprint density at radius 3 is 2.43 bits per heavy atom. The Labute approximate surface area is 127 Å². The molecule has 0 atom stereocenters. The third-order valence-corrected chi connectivity index (χ3v) is 3.46. The van der Waals surface area contributed by atoms with Gasteiger partial charge in [-0.1, -0.05) is 6.08 Å². The van der Waals surface area contributed by atoms with E-state index in [0.717, 1.165) is 55.5 Å². The molecule has 1 aliphatic heterocycles. The predicted octanol–water partition coefficient (Wildman–Crippen LogP) is 3.05. The second kappa shape index (κ2) is 7.93. The van der Waals surface area contributed by atoms with Crippen LogP contribution < -0.4 is 14.4 Å². The highest BCUT2D eigenvalue weighted by Crippen LogP contribution is 2.36. The molecule has 0 aliphatic carbocycles. The van der Waals surface area contributed by atoms with Crippen molar-refractivity contribution in [2.24, 2.45) is 0 Å². The lowest BCUT2D eigenvalue weighted by Crippen LogP contribution is -2.36. The topological polar surface area (TPSA) is 30.9 Å². The van der Waals surface area contributed by atoms with Gasteiger partial charge in [0.25, 0.3) is 0 Å². The number of morpholine rings is 1. The van der Waals surface area contributed by atoms with Crippen LogP contribution in [-0.2, 0) is 11.2 Å². The summed E-state index contributed by atoms with van der Waals surface area (Å²) in [5.41, 5.74) is 2.21. The van der Waals surface area contributed by atoms with Gasteiger partial charge in [0, 0.05) is 24.7 Å². The molecule has 0 bridgehead atoms. The molecule has 4 heteroatoms. The van der Waals surface area contributed by atoms with Crippen LogP contribution >= 0.6 is 0 Å². The maximum absolute atomic E-state index is 5.84. The van der Waals surface area contributed by atoms with E-state index < -0.39 is 0 Å². The third kappa shape index (κ3) is 3.91. The zero-order valence-corrected chi connectivity index (χ0v) is 13.1. The number of hydrogen-bond donors (Lipinski definition) is 0. The summed E-state index contributed by atoms with van der Waals surface area (Å²) < 4.78 is 17.1. The van der Waals surface area contributed by atoms with Crippen molar-refractivity contribution in [2.75, 3.05) is 44.4 Å². The van der Waals surface area contributed by atoms with Crippen molar-refractivity contribution in [3.05, 3.63) is 30.4 Å². The smallest absolute Gasteiger partial charge is 0.143 e. The highest BCUT2D eigenvalue weighted by molar-refractivity contribution is 5.64. The molecule has 1 saturated heterocycles. The summed E-state index contributed by atoms with van der Waals surface area (Å²) in [6.07, 6.45) is 2.67. The van der Waals surface area contributed by atoms with E-state index in [1.165, 1.54) is 0 Å². The average molecular weight is 291 g/mol. The second-order valence-electron chi connectivity index (χ2n) is 4.89. The van der Waals surface area contributed by atoms with E-state index >= 15 is 0 Å². The van der Waals surface area contributed by atoms with Crippen molar-refractivity contribution >= 4 is 5.69 Å². The van der Waals surface area contributed by atoms with Crippen LogP contribution in [0.4, 0.5) is 5.69 Å². The second-order valence-corrected chi connectivity index (χ2v) is 4.89. The number of ether oxygens (including phenoxy) is 3. The van der Waals surface area contributed by atoms with Crippen LogP contribution in [0, 0.1) is 0 Å². The molecule has 1 heterocycles. The van der Waals surface area contributed by atoms with Crippen molar-refractivity contribution in [1.29, 1.82) is 0 Å². The predicted molar refractivity (Wildman–Crippen MR) is 85.7 cm³/mol. The van der Waals surface area contributed by atoms with Gasteiger partial charge in [-0.25, -0.2) is 0 Å². The molecule has 116 valence electrons. The Bertz CT molecular complexity index is 467. The summed E-state index contributed by atoms with van der Waals surface area (Å²) in [6, 6.07) is 4.18. The fourth-order valence-corrected chi connectivity index (χ4v) is 2.52. The fourth-order valence-electron chi connectivity index (χ4n) is 2.52. The monoisotopic (exact) mass is 291 g/mol. The van der Waals surface area contributed by atoms with Crippen molar-refractivity contribution < 1.29 is 14.2 Å². The molecule has 1 aromatic carbocycles. The summed E-state index contributed by atoms with van der Waals surface area (Å²) in [6.45, 7) is 12.4. The van der Waals surface area contributed by atoms with E-state index in [-0.39, 0.29) is 0 Å². The van der Waals surface area contributed by atoms with Crippen LogP contribution in [0.5, 0.6) is 11.5 Å². The zero-order valence-electron chi connectivity index (χ0n) is 13.1. The summed E-state index contributed by atoms with van der Waals surface area (Å²) in [7, 11) is 0. The van der Waals surface area contributed by atoms with Gasteiger partial charge in [-0.05, 0) is 26.3 Å². The molecule has 0 amide bonds. The van der Waals surface area contributed by atoms with Gasteiger partial charge in [0.05, 0.1) is 32.1 Å². The van der Waals surface area contributed by atoms with E-state index in [2.05, 4.69) is 23.6 Å². The maximum Gasteiger partial charge on any atom is 0.143 e. The molecule has 0 unspecified atom stereocenters. The van der Waals surface area contributed by atoms with Crippen molar-refractivity contribution in [1.82, 2.24) is 0 Å². The number of hydrogen-bond acceptors (Lipinski definition) is 4. The van der Waals surface area contributed by atoms with Gasteiger partial charge >= 0.3 is 0 Å². The molecular formula is C17H25NO3. The minimum Gasteiger partial charge on any atom is -0.494 e. The van der Waals surface area contributed by atoms with Crippen molar-refractivity contribution in [3.8, 4) is 11.5 Å². The molecule has 2 rings (SSSR count). The first-order valence-corrected chi connectivity index (χ1v) is 7.66. The summed E-state index contributed by atoms with van der Waals surface area (Å²) in [5.74, 6) is 1.84. The maximum atomic E-state index is 5.84. The van der Waals surface area contributed by atoms with Gasteiger partial charge in [-0.15, -0.1) is 6.58 Å². The van der Waals surface area contributed by atoms with Crippen LogP contribution in [0.2, 0.25) is 0 Å². The summed E-state index contributed by atoms with van der Waals surface area (Å²) >= 11 is 0. The van der Waals surface area contributed by atoms with Crippen molar-refractivity contribution in [2.45, 2.75) is 20.3 Å². The Balaban J connectivity index is 2.38.